The summed E-state index contributed by atoms with van der Waals surface area (Å²) in [7, 11) is 0. The zero-order chi connectivity index (χ0) is 18.8. The molecule has 2 aromatic carbocycles. The van der Waals surface area contributed by atoms with E-state index in [9.17, 15) is 14.4 Å². The summed E-state index contributed by atoms with van der Waals surface area (Å²) in [5.41, 5.74) is 1.68. The van der Waals surface area contributed by atoms with Gasteiger partial charge in [0.1, 0.15) is 0 Å². The number of nitrogens with zero attached hydrogens (tertiary/aromatic N) is 1. The van der Waals surface area contributed by atoms with Crippen LogP contribution in [0.3, 0.4) is 0 Å². The molecule has 0 atom stereocenters. The maximum Gasteiger partial charge on any atom is 0.314 e. The average molecular weight is 367 g/mol. The Morgan fingerprint density at radius 1 is 0.889 bits per heavy atom. The van der Waals surface area contributed by atoms with Crippen LogP contribution < -0.4 is 25.0 Å². The quantitative estimate of drug-likeness (QED) is 0.810. The third kappa shape index (κ3) is 3.55. The summed E-state index contributed by atoms with van der Waals surface area (Å²) < 4.78 is 10.4. The van der Waals surface area contributed by atoms with Gasteiger partial charge in [-0.25, -0.2) is 0 Å². The van der Waals surface area contributed by atoms with E-state index in [0.717, 1.165) is 12.1 Å². The van der Waals surface area contributed by atoms with Crippen LogP contribution in [0.15, 0.2) is 42.5 Å². The molecule has 0 unspecified atom stereocenters. The fraction of sp³-hybridized carbons (Fsp3) is 0.211. The lowest BCUT2D eigenvalue weighted by molar-refractivity contribution is -0.132. The highest BCUT2D eigenvalue weighted by atomic mass is 16.7. The molecule has 2 N–H and O–H groups in total. The van der Waals surface area contributed by atoms with E-state index in [1.165, 1.54) is 0 Å². The van der Waals surface area contributed by atoms with Gasteiger partial charge in [-0.15, -0.1) is 0 Å². The summed E-state index contributed by atoms with van der Waals surface area (Å²) in [6.07, 6.45) is 1.40. The molecule has 2 aliphatic rings. The molecule has 0 spiro atoms. The second-order valence-corrected chi connectivity index (χ2v) is 6.17. The van der Waals surface area contributed by atoms with Gasteiger partial charge in [0, 0.05) is 36.1 Å². The summed E-state index contributed by atoms with van der Waals surface area (Å²) >= 11 is 0. The Labute approximate surface area is 155 Å². The lowest BCUT2D eigenvalue weighted by Crippen LogP contribution is -2.29. The van der Waals surface area contributed by atoms with Gasteiger partial charge in [0.05, 0.1) is 0 Å². The number of hydrogen-bond donors (Lipinski definition) is 2. The lowest BCUT2D eigenvalue weighted by Gasteiger charge is -2.16. The van der Waals surface area contributed by atoms with E-state index in [0.29, 0.717) is 35.8 Å². The number of hydrogen-bond acceptors (Lipinski definition) is 5. The molecule has 0 radical (unpaired) electrons. The predicted octanol–water partition coefficient (Wildman–Crippen LogP) is 2.12. The second-order valence-electron chi connectivity index (χ2n) is 6.17. The zero-order valence-corrected chi connectivity index (χ0v) is 14.4. The molecule has 8 heteroatoms. The van der Waals surface area contributed by atoms with Crippen molar-refractivity contribution in [2.24, 2.45) is 0 Å². The Kier molecular flexibility index (Phi) is 4.37. The zero-order valence-electron chi connectivity index (χ0n) is 14.4. The van der Waals surface area contributed by atoms with E-state index in [-0.39, 0.29) is 12.7 Å². The smallest absolute Gasteiger partial charge is 0.314 e. The van der Waals surface area contributed by atoms with Crippen LogP contribution in [-0.2, 0) is 14.4 Å². The van der Waals surface area contributed by atoms with Crippen LogP contribution in [0.2, 0.25) is 0 Å². The topological polar surface area (TPSA) is 97.0 Å². The first-order chi connectivity index (χ1) is 13.1. The normalized spacial score (nSPS) is 15.0. The molecule has 0 aromatic heterocycles. The van der Waals surface area contributed by atoms with Crippen LogP contribution in [0.5, 0.6) is 11.5 Å². The van der Waals surface area contributed by atoms with Gasteiger partial charge in [0.15, 0.2) is 11.5 Å². The SMILES string of the molecule is O=C(Nc1ccc(N2CCCC2=O)cc1)C(=O)Nc1ccc2c(c1)OCO2. The van der Waals surface area contributed by atoms with Crippen molar-refractivity contribution in [2.45, 2.75) is 12.8 Å². The van der Waals surface area contributed by atoms with E-state index in [1.807, 2.05) is 0 Å². The molecule has 2 heterocycles. The standard InChI is InChI=1S/C19H17N3O5/c23-17-2-1-9-22(17)14-6-3-12(4-7-14)20-18(24)19(25)21-13-5-8-15-16(10-13)27-11-26-15/h3-8,10H,1-2,9,11H2,(H,20,24)(H,21,25). The number of amides is 3. The van der Waals surface area contributed by atoms with Crippen molar-refractivity contribution >= 4 is 34.8 Å². The highest BCUT2D eigenvalue weighted by Crippen LogP contribution is 2.34. The molecule has 3 amide bonds. The number of nitrogens with one attached hydrogen (secondary N) is 2. The number of anilines is 3. The van der Waals surface area contributed by atoms with Gasteiger partial charge in [-0.05, 0) is 42.8 Å². The number of benzene rings is 2. The van der Waals surface area contributed by atoms with Crippen LogP contribution in [0.4, 0.5) is 17.1 Å². The Bertz CT molecular complexity index is 910. The van der Waals surface area contributed by atoms with E-state index in [1.54, 1.807) is 47.4 Å². The molecule has 1 fully saturated rings. The number of carbonyl (C=O) groups is 3. The van der Waals surface area contributed by atoms with Crippen molar-refractivity contribution in [3.63, 3.8) is 0 Å². The molecular formula is C19H17N3O5. The van der Waals surface area contributed by atoms with Crippen molar-refractivity contribution < 1.29 is 23.9 Å². The van der Waals surface area contributed by atoms with Crippen molar-refractivity contribution in [2.75, 3.05) is 28.9 Å². The maximum absolute atomic E-state index is 12.1. The molecule has 0 aliphatic carbocycles. The summed E-state index contributed by atoms with van der Waals surface area (Å²) in [5, 5.41) is 5.05. The third-order valence-electron chi connectivity index (χ3n) is 4.35. The van der Waals surface area contributed by atoms with E-state index >= 15 is 0 Å². The number of carbonyl (C=O) groups excluding carboxylic acids is 3. The van der Waals surface area contributed by atoms with Gasteiger partial charge in [0.2, 0.25) is 12.7 Å². The molecule has 138 valence electrons. The molecular weight excluding hydrogens is 350 g/mol. The number of ether oxygens (including phenoxy) is 2. The van der Waals surface area contributed by atoms with Crippen LogP contribution in [0.1, 0.15) is 12.8 Å². The minimum atomic E-state index is -0.798. The summed E-state index contributed by atoms with van der Waals surface area (Å²) in [6.45, 7) is 0.828. The minimum Gasteiger partial charge on any atom is -0.454 e. The molecule has 4 rings (SSSR count). The van der Waals surface area contributed by atoms with Crippen LogP contribution in [-0.4, -0.2) is 31.1 Å². The van der Waals surface area contributed by atoms with E-state index < -0.39 is 11.8 Å². The van der Waals surface area contributed by atoms with E-state index in [2.05, 4.69) is 10.6 Å². The maximum atomic E-state index is 12.1. The molecule has 1 saturated heterocycles. The molecule has 8 nitrogen and oxygen atoms in total. The van der Waals surface area contributed by atoms with Crippen LogP contribution in [0, 0.1) is 0 Å². The van der Waals surface area contributed by atoms with Gasteiger partial charge in [-0.3, -0.25) is 14.4 Å². The van der Waals surface area contributed by atoms with E-state index in [4.69, 9.17) is 9.47 Å². The highest BCUT2D eigenvalue weighted by Gasteiger charge is 2.22. The predicted molar refractivity (Wildman–Crippen MR) is 97.9 cm³/mol. The Hall–Kier alpha value is -3.55. The first kappa shape index (κ1) is 16.9. The summed E-state index contributed by atoms with van der Waals surface area (Å²) in [5.74, 6) is -0.394. The molecule has 0 bridgehead atoms. The monoisotopic (exact) mass is 367 g/mol. The van der Waals surface area contributed by atoms with Crippen molar-refractivity contribution in [1.82, 2.24) is 0 Å². The first-order valence-electron chi connectivity index (χ1n) is 8.52. The fourth-order valence-corrected chi connectivity index (χ4v) is 3.00. The van der Waals surface area contributed by atoms with Gasteiger partial charge in [-0.2, -0.15) is 0 Å². The van der Waals surface area contributed by atoms with Crippen LogP contribution >= 0.6 is 0 Å². The summed E-state index contributed by atoms with van der Waals surface area (Å²) in [6, 6.07) is 11.7. The van der Waals surface area contributed by atoms with Crippen molar-refractivity contribution in [1.29, 1.82) is 0 Å². The molecule has 2 aliphatic heterocycles. The Balaban J connectivity index is 1.37. The van der Waals surface area contributed by atoms with Gasteiger partial charge in [0.25, 0.3) is 0 Å². The molecule has 27 heavy (non-hydrogen) atoms. The van der Waals surface area contributed by atoms with Gasteiger partial charge < -0.3 is 25.0 Å². The Morgan fingerprint density at radius 2 is 1.56 bits per heavy atom. The first-order valence-corrected chi connectivity index (χ1v) is 8.52. The molecule has 2 aromatic rings. The summed E-state index contributed by atoms with van der Waals surface area (Å²) in [4.78, 5) is 37.7. The highest BCUT2D eigenvalue weighted by molar-refractivity contribution is 6.43. The van der Waals surface area contributed by atoms with Gasteiger partial charge >= 0.3 is 11.8 Å². The lowest BCUT2D eigenvalue weighted by atomic mass is 10.2. The van der Waals surface area contributed by atoms with Crippen molar-refractivity contribution in [3.8, 4) is 11.5 Å². The number of fused-ring (bicyclic) bond motifs is 1. The third-order valence-corrected chi connectivity index (χ3v) is 4.35. The van der Waals surface area contributed by atoms with Crippen molar-refractivity contribution in [3.05, 3.63) is 42.5 Å². The Morgan fingerprint density at radius 3 is 2.26 bits per heavy atom. The van der Waals surface area contributed by atoms with Crippen LogP contribution in [0.25, 0.3) is 0 Å². The fourth-order valence-electron chi connectivity index (χ4n) is 3.00. The second kappa shape index (κ2) is 6.99. The average Bonchev–Trinajstić information content (AvgIpc) is 3.30. The molecule has 0 saturated carbocycles. The minimum absolute atomic E-state index is 0.0925. The van der Waals surface area contributed by atoms with Gasteiger partial charge in [-0.1, -0.05) is 0 Å². The number of rotatable bonds is 3. The largest absolute Gasteiger partial charge is 0.454 e.